The summed E-state index contributed by atoms with van der Waals surface area (Å²) >= 11 is 2.97. The minimum absolute atomic E-state index is 0.00141. The molecule has 0 atom stereocenters. The number of aromatic nitrogens is 1. The van der Waals surface area contributed by atoms with E-state index in [-0.39, 0.29) is 5.91 Å². The van der Waals surface area contributed by atoms with Crippen molar-refractivity contribution in [3.05, 3.63) is 34.5 Å². The van der Waals surface area contributed by atoms with E-state index >= 15 is 0 Å². The molecule has 3 heterocycles. The van der Waals surface area contributed by atoms with Crippen LogP contribution in [-0.4, -0.2) is 55.2 Å². The lowest BCUT2D eigenvalue weighted by molar-refractivity contribution is 0.0987. The van der Waals surface area contributed by atoms with Crippen molar-refractivity contribution in [2.24, 2.45) is 0 Å². The molecule has 6 nitrogen and oxygen atoms in total. The number of amides is 1. The third kappa shape index (κ3) is 3.85. The Bertz CT molecular complexity index is 908. The van der Waals surface area contributed by atoms with Gasteiger partial charge < -0.3 is 14.4 Å². The number of anilines is 1. The normalized spacial score (nSPS) is 13.2. The Kier molecular flexibility index (Phi) is 5.79. The van der Waals surface area contributed by atoms with Gasteiger partial charge in [0.15, 0.2) is 16.6 Å². The van der Waals surface area contributed by atoms with Crippen LogP contribution in [0.4, 0.5) is 5.13 Å². The smallest absolute Gasteiger partial charge is 0.270 e. The van der Waals surface area contributed by atoms with Gasteiger partial charge in [-0.1, -0.05) is 31.3 Å². The summed E-state index contributed by atoms with van der Waals surface area (Å²) in [6, 6.07) is 7.64. The summed E-state index contributed by atoms with van der Waals surface area (Å²) in [5.74, 6) is 1.46. The maximum Gasteiger partial charge on any atom is 0.270 e. The van der Waals surface area contributed by atoms with E-state index in [1.165, 1.54) is 22.7 Å². The van der Waals surface area contributed by atoms with E-state index in [0.717, 1.165) is 46.2 Å². The molecule has 1 amide bonds. The number of thiophene rings is 1. The van der Waals surface area contributed by atoms with Gasteiger partial charge in [-0.2, -0.15) is 0 Å². The molecular weight excluding hydrogens is 394 g/mol. The number of likely N-dealkylation sites (N-methyl/N-ethyl adjacent to an activating group) is 1. The number of hydrogen-bond donors (Lipinski definition) is 0. The van der Waals surface area contributed by atoms with E-state index in [9.17, 15) is 4.79 Å². The number of carbonyl (C=O) groups is 1. The van der Waals surface area contributed by atoms with Crippen molar-refractivity contribution in [2.45, 2.75) is 13.8 Å². The van der Waals surface area contributed by atoms with E-state index in [4.69, 9.17) is 14.5 Å². The molecule has 28 heavy (non-hydrogen) atoms. The van der Waals surface area contributed by atoms with Crippen molar-refractivity contribution in [2.75, 3.05) is 44.3 Å². The maximum atomic E-state index is 13.2. The second kappa shape index (κ2) is 8.46. The molecule has 4 rings (SSSR count). The molecule has 3 aromatic rings. The molecule has 0 saturated carbocycles. The fourth-order valence-electron chi connectivity index (χ4n) is 3.17. The minimum Gasteiger partial charge on any atom is -0.486 e. The van der Waals surface area contributed by atoms with Gasteiger partial charge in [0.25, 0.3) is 5.91 Å². The van der Waals surface area contributed by atoms with Crippen molar-refractivity contribution in [3.8, 4) is 11.5 Å². The van der Waals surface area contributed by atoms with Crippen LogP contribution in [0, 0.1) is 0 Å². The summed E-state index contributed by atoms with van der Waals surface area (Å²) in [6.45, 7) is 8.69. The van der Waals surface area contributed by atoms with E-state index in [2.05, 4.69) is 18.7 Å². The Morgan fingerprint density at radius 1 is 1.14 bits per heavy atom. The molecule has 148 valence electrons. The molecule has 1 aliphatic rings. The standard InChI is InChI=1S/C20H23N3O3S2/c1-3-22(4-2)7-8-23(19(24)17-6-5-11-27-17)20-21-14-12-15-16(13-18(14)28-20)26-10-9-25-15/h5-6,11-13H,3-4,7-10H2,1-2H3. The summed E-state index contributed by atoms with van der Waals surface area (Å²) in [7, 11) is 0. The van der Waals surface area contributed by atoms with Gasteiger partial charge in [0.05, 0.1) is 15.1 Å². The third-order valence-corrected chi connectivity index (χ3v) is 6.68. The highest BCUT2D eigenvalue weighted by Gasteiger charge is 2.24. The number of thiazole rings is 1. The Balaban J connectivity index is 1.67. The average molecular weight is 418 g/mol. The molecule has 0 radical (unpaired) electrons. The largest absolute Gasteiger partial charge is 0.486 e. The molecular formula is C20H23N3O3S2. The van der Waals surface area contributed by atoms with Gasteiger partial charge in [-0.05, 0) is 24.5 Å². The van der Waals surface area contributed by atoms with Gasteiger partial charge in [-0.25, -0.2) is 4.98 Å². The second-order valence-corrected chi connectivity index (χ2v) is 8.38. The lowest BCUT2D eigenvalue weighted by Gasteiger charge is -2.24. The summed E-state index contributed by atoms with van der Waals surface area (Å²) in [4.78, 5) is 22.8. The predicted octanol–water partition coefficient (Wildman–Crippen LogP) is 4.12. The lowest BCUT2D eigenvalue weighted by atomic mass is 10.3. The van der Waals surface area contributed by atoms with Crippen LogP contribution in [-0.2, 0) is 0 Å². The number of nitrogens with zero attached hydrogens (tertiary/aromatic N) is 3. The van der Waals surface area contributed by atoms with Crippen molar-refractivity contribution in [1.29, 1.82) is 0 Å². The Morgan fingerprint density at radius 3 is 2.57 bits per heavy atom. The highest BCUT2D eigenvalue weighted by molar-refractivity contribution is 7.22. The first kappa shape index (κ1) is 19.2. The number of carbonyl (C=O) groups excluding carboxylic acids is 1. The summed E-state index contributed by atoms with van der Waals surface area (Å²) in [5.41, 5.74) is 0.830. The Labute approximate surface area is 172 Å². The molecule has 8 heteroatoms. The van der Waals surface area contributed by atoms with Crippen LogP contribution in [0.5, 0.6) is 11.5 Å². The van der Waals surface area contributed by atoms with Crippen LogP contribution < -0.4 is 14.4 Å². The summed E-state index contributed by atoms with van der Waals surface area (Å²) < 4.78 is 12.3. The maximum absolute atomic E-state index is 13.2. The van der Waals surface area contributed by atoms with Crippen molar-refractivity contribution in [1.82, 2.24) is 9.88 Å². The second-order valence-electron chi connectivity index (χ2n) is 6.42. The molecule has 1 aromatic carbocycles. The van der Waals surface area contributed by atoms with Crippen molar-refractivity contribution >= 4 is 43.9 Å². The van der Waals surface area contributed by atoms with Crippen LogP contribution in [0.1, 0.15) is 23.5 Å². The zero-order chi connectivity index (χ0) is 19.5. The number of ether oxygens (including phenoxy) is 2. The van der Waals surface area contributed by atoms with Gasteiger partial charge in [-0.3, -0.25) is 9.69 Å². The molecule has 1 aliphatic heterocycles. The predicted molar refractivity (Wildman–Crippen MR) is 114 cm³/mol. The van der Waals surface area contributed by atoms with Gasteiger partial charge in [-0.15, -0.1) is 11.3 Å². The first-order valence-corrected chi connectivity index (χ1v) is 11.2. The quantitative estimate of drug-likeness (QED) is 0.579. The molecule has 0 spiro atoms. The molecule has 0 fully saturated rings. The molecule has 2 aromatic heterocycles. The fraction of sp³-hybridized carbons (Fsp3) is 0.400. The van der Waals surface area contributed by atoms with Gasteiger partial charge in [0.2, 0.25) is 0 Å². The summed E-state index contributed by atoms with van der Waals surface area (Å²) in [5, 5.41) is 2.64. The number of fused-ring (bicyclic) bond motifs is 2. The van der Waals surface area contributed by atoms with Crippen LogP contribution in [0.3, 0.4) is 0 Å². The zero-order valence-corrected chi connectivity index (χ0v) is 17.6. The van der Waals surface area contributed by atoms with Crippen LogP contribution in [0.25, 0.3) is 10.2 Å². The van der Waals surface area contributed by atoms with E-state index in [1.54, 1.807) is 4.90 Å². The highest BCUT2D eigenvalue weighted by atomic mass is 32.1. The molecule has 0 N–H and O–H groups in total. The van der Waals surface area contributed by atoms with E-state index < -0.39 is 0 Å². The SMILES string of the molecule is CCN(CC)CCN(C(=O)c1cccs1)c1nc2cc3c(cc2s1)OCCO3. The van der Waals surface area contributed by atoms with Gasteiger partial charge in [0, 0.05) is 25.2 Å². The lowest BCUT2D eigenvalue weighted by Crippen LogP contribution is -2.38. The van der Waals surface area contributed by atoms with Crippen LogP contribution in [0.15, 0.2) is 29.6 Å². The van der Waals surface area contributed by atoms with Crippen LogP contribution in [0.2, 0.25) is 0 Å². The number of benzene rings is 1. The van der Waals surface area contributed by atoms with Gasteiger partial charge in [0.1, 0.15) is 13.2 Å². The zero-order valence-electron chi connectivity index (χ0n) is 16.0. The third-order valence-electron chi connectivity index (χ3n) is 4.78. The molecule has 0 aliphatic carbocycles. The first-order valence-electron chi connectivity index (χ1n) is 9.47. The number of hydrogen-bond acceptors (Lipinski definition) is 7. The Morgan fingerprint density at radius 2 is 1.89 bits per heavy atom. The summed E-state index contributed by atoms with van der Waals surface area (Å²) in [6.07, 6.45) is 0. The minimum atomic E-state index is -0.00141. The monoisotopic (exact) mass is 417 g/mol. The van der Waals surface area contributed by atoms with E-state index in [0.29, 0.717) is 24.9 Å². The number of rotatable bonds is 7. The first-order chi connectivity index (χ1) is 13.7. The average Bonchev–Trinajstić information content (AvgIpc) is 3.38. The van der Waals surface area contributed by atoms with Crippen molar-refractivity contribution in [3.63, 3.8) is 0 Å². The van der Waals surface area contributed by atoms with Crippen molar-refractivity contribution < 1.29 is 14.3 Å². The molecule has 0 bridgehead atoms. The topological polar surface area (TPSA) is 54.9 Å². The van der Waals surface area contributed by atoms with Crippen LogP contribution >= 0.6 is 22.7 Å². The van der Waals surface area contributed by atoms with Gasteiger partial charge >= 0.3 is 0 Å². The highest BCUT2D eigenvalue weighted by Crippen LogP contribution is 2.39. The molecule has 0 unspecified atom stereocenters. The molecule has 0 saturated heterocycles. The fourth-order valence-corrected chi connectivity index (χ4v) is 4.84. The Hall–Kier alpha value is -2.16. The van der Waals surface area contributed by atoms with E-state index in [1.807, 2.05) is 29.6 Å².